The van der Waals surface area contributed by atoms with Gasteiger partial charge in [-0.25, -0.2) is 0 Å². The molecule has 0 aliphatic carbocycles. The molecule has 1 aromatic rings. The van der Waals surface area contributed by atoms with Gasteiger partial charge in [-0.15, -0.1) is 6.58 Å². The highest BCUT2D eigenvalue weighted by atomic mass is 16.3. The van der Waals surface area contributed by atoms with Gasteiger partial charge in [0.1, 0.15) is 0 Å². The molecule has 0 aliphatic heterocycles. The molecular formula is C14H20O. The van der Waals surface area contributed by atoms with E-state index in [0.717, 1.165) is 19.3 Å². The summed E-state index contributed by atoms with van der Waals surface area (Å²) in [6, 6.07) is 10.4. The van der Waals surface area contributed by atoms with Gasteiger partial charge in [-0.3, -0.25) is 0 Å². The van der Waals surface area contributed by atoms with Crippen molar-refractivity contribution in [2.45, 2.75) is 26.2 Å². The maximum Gasteiger partial charge on any atom is 0.0433 e. The average Bonchev–Trinajstić information content (AvgIpc) is 2.18. The van der Waals surface area contributed by atoms with Crippen molar-refractivity contribution in [1.29, 1.82) is 0 Å². The molecule has 0 amide bonds. The zero-order valence-corrected chi connectivity index (χ0v) is 9.45. The SMILES string of the molecule is C=C(C)C[C@@H](CCO)Cc1ccccc1. The van der Waals surface area contributed by atoms with Crippen molar-refractivity contribution < 1.29 is 5.11 Å². The van der Waals surface area contributed by atoms with Gasteiger partial charge in [-0.05, 0) is 37.7 Å². The zero-order chi connectivity index (χ0) is 11.1. The molecule has 0 heterocycles. The Bertz CT molecular complexity index is 289. The molecule has 1 nitrogen and oxygen atoms in total. The number of aliphatic hydroxyl groups is 1. The summed E-state index contributed by atoms with van der Waals surface area (Å²) >= 11 is 0. The Morgan fingerprint density at radius 2 is 2.00 bits per heavy atom. The van der Waals surface area contributed by atoms with E-state index in [2.05, 4.69) is 37.8 Å². The van der Waals surface area contributed by atoms with Crippen LogP contribution in [0.1, 0.15) is 25.3 Å². The Hall–Kier alpha value is -1.08. The summed E-state index contributed by atoms with van der Waals surface area (Å²) in [4.78, 5) is 0. The minimum atomic E-state index is 0.269. The lowest BCUT2D eigenvalue weighted by molar-refractivity contribution is 0.255. The molecular weight excluding hydrogens is 184 g/mol. The smallest absolute Gasteiger partial charge is 0.0433 e. The van der Waals surface area contributed by atoms with Crippen LogP contribution in [-0.2, 0) is 6.42 Å². The molecule has 15 heavy (non-hydrogen) atoms. The molecule has 0 unspecified atom stereocenters. The third-order valence-corrected chi connectivity index (χ3v) is 2.54. The lowest BCUT2D eigenvalue weighted by Gasteiger charge is -2.15. The minimum absolute atomic E-state index is 0.269. The van der Waals surface area contributed by atoms with Crippen LogP contribution in [0.15, 0.2) is 42.5 Å². The maximum absolute atomic E-state index is 9.00. The van der Waals surface area contributed by atoms with Gasteiger partial charge in [0.15, 0.2) is 0 Å². The highest BCUT2D eigenvalue weighted by Gasteiger charge is 2.09. The number of aliphatic hydroxyl groups excluding tert-OH is 1. The van der Waals surface area contributed by atoms with Gasteiger partial charge >= 0.3 is 0 Å². The largest absolute Gasteiger partial charge is 0.396 e. The summed E-state index contributed by atoms with van der Waals surface area (Å²) in [5, 5.41) is 9.00. The standard InChI is InChI=1S/C14H20O/c1-12(2)10-14(8-9-15)11-13-6-4-3-5-7-13/h3-7,14-15H,1,8-11H2,2H3/t14-/m1/s1. The zero-order valence-electron chi connectivity index (χ0n) is 9.45. The lowest BCUT2D eigenvalue weighted by Crippen LogP contribution is -2.07. The van der Waals surface area contributed by atoms with Crippen LogP contribution < -0.4 is 0 Å². The first-order valence-corrected chi connectivity index (χ1v) is 5.51. The molecule has 1 heteroatoms. The summed E-state index contributed by atoms with van der Waals surface area (Å²) in [7, 11) is 0. The van der Waals surface area contributed by atoms with E-state index in [4.69, 9.17) is 5.11 Å². The van der Waals surface area contributed by atoms with Crippen molar-refractivity contribution >= 4 is 0 Å². The number of hydrogen-bond donors (Lipinski definition) is 1. The Labute approximate surface area is 92.5 Å². The average molecular weight is 204 g/mol. The van der Waals surface area contributed by atoms with Gasteiger partial charge < -0.3 is 5.11 Å². The quantitative estimate of drug-likeness (QED) is 0.705. The van der Waals surface area contributed by atoms with Crippen molar-refractivity contribution in [3.05, 3.63) is 48.0 Å². The summed E-state index contributed by atoms with van der Waals surface area (Å²) in [6.07, 6.45) is 2.91. The molecule has 0 aromatic heterocycles. The summed E-state index contributed by atoms with van der Waals surface area (Å²) in [5.41, 5.74) is 2.54. The van der Waals surface area contributed by atoms with Crippen LogP contribution in [0.5, 0.6) is 0 Å². The predicted molar refractivity (Wildman–Crippen MR) is 64.8 cm³/mol. The molecule has 0 spiro atoms. The van der Waals surface area contributed by atoms with Crippen LogP contribution in [0.3, 0.4) is 0 Å². The Balaban J connectivity index is 2.54. The number of benzene rings is 1. The molecule has 1 atom stereocenters. The molecule has 1 rings (SSSR count). The van der Waals surface area contributed by atoms with Crippen LogP contribution in [0.4, 0.5) is 0 Å². The Morgan fingerprint density at radius 3 is 2.53 bits per heavy atom. The Kier molecular flexibility index (Phi) is 5.13. The first kappa shape index (κ1) is 12.0. The second-order valence-electron chi connectivity index (χ2n) is 4.23. The van der Waals surface area contributed by atoms with E-state index >= 15 is 0 Å². The van der Waals surface area contributed by atoms with Crippen LogP contribution in [0.25, 0.3) is 0 Å². The van der Waals surface area contributed by atoms with Gasteiger partial charge in [0.05, 0.1) is 0 Å². The van der Waals surface area contributed by atoms with E-state index in [9.17, 15) is 0 Å². The highest BCUT2D eigenvalue weighted by molar-refractivity contribution is 5.15. The summed E-state index contributed by atoms with van der Waals surface area (Å²) in [6.45, 7) is 6.26. The van der Waals surface area contributed by atoms with Crippen LogP contribution in [-0.4, -0.2) is 11.7 Å². The van der Waals surface area contributed by atoms with Gasteiger partial charge in [0.2, 0.25) is 0 Å². The van der Waals surface area contributed by atoms with E-state index in [-0.39, 0.29) is 6.61 Å². The Morgan fingerprint density at radius 1 is 1.33 bits per heavy atom. The van der Waals surface area contributed by atoms with E-state index in [0.29, 0.717) is 5.92 Å². The van der Waals surface area contributed by atoms with Crippen LogP contribution in [0.2, 0.25) is 0 Å². The first-order valence-electron chi connectivity index (χ1n) is 5.51. The summed E-state index contributed by atoms with van der Waals surface area (Å²) in [5.74, 6) is 0.523. The second kappa shape index (κ2) is 6.41. The number of allylic oxidation sites excluding steroid dienone is 1. The lowest BCUT2D eigenvalue weighted by atomic mass is 9.91. The highest BCUT2D eigenvalue weighted by Crippen LogP contribution is 2.19. The summed E-state index contributed by atoms with van der Waals surface area (Å²) < 4.78 is 0. The van der Waals surface area contributed by atoms with Crippen molar-refractivity contribution in [3.8, 4) is 0 Å². The monoisotopic (exact) mass is 204 g/mol. The third-order valence-electron chi connectivity index (χ3n) is 2.54. The fourth-order valence-corrected chi connectivity index (χ4v) is 1.90. The molecule has 1 aromatic carbocycles. The fourth-order valence-electron chi connectivity index (χ4n) is 1.90. The van der Waals surface area contributed by atoms with Gasteiger partial charge in [0, 0.05) is 6.61 Å². The molecule has 0 bridgehead atoms. The fraction of sp³-hybridized carbons (Fsp3) is 0.429. The molecule has 82 valence electrons. The van der Waals surface area contributed by atoms with Gasteiger partial charge in [-0.1, -0.05) is 35.9 Å². The maximum atomic E-state index is 9.00. The van der Waals surface area contributed by atoms with E-state index in [1.54, 1.807) is 0 Å². The molecule has 0 aliphatic rings. The van der Waals surface area contributed by atoms with Gasteiger partial charge in [-0.2, -0.15) is 0 Å². The predicted octanol–water partition coefficient (Wildman–Crippen LogP) is 3.19. The molecule has 0 fully saturated rings. The van der Waals surface area contributed by atoms with E-state index in [1.807, 2.05) is 6.07 Å². The number of rotatable bonds is 6. The van der Waals surface area contributed by atoms with Crippen LogP contribution >= 0.6 is 0 Å². The van der Waals surface area contributed by atoms with Crippen LogP contribution in [0, 0.1) is 5.92 Å². The molecule has 0 radical (unpaired) electrons. The number of hydrogen-bond acceptors (Lipinski definition) is 1. The topological polar surface area (TPSA) is 20.2 Å². The van der Waals surface area contributed by atoms with Crippen molar-refractivity contribution in [2.24, 2.45) is 5.92 Å². The second-order valence-corrected chi connectivity index (χ2v) is 4.23. The normalized spacial score (nSPS) is 12.4. The molecule has 1 N–H and O–H groups in total. The third kappa shape index (κ3) is 4.80. The molecule has 0 saturated heterocycles. The molecule has 0 saturated carbocycles. The van der Waals surface area contributed by atoms with E-state index < -0.39 is 0 Å². The van der Waals surface area contributed by atoms with Gasteiger partial charge in [0.25, 0.3) is 0 Å². The van der Waals surface area contributed by atoms with Crippen molar-refractivity contribution in [3.63, 3.8) is 0 Å². The van der Waals surface area contributed by atoms with E-state index in [1.165, 1.54) is 11.1 Å². The van der Waals surface area contributed by atoms with Crippen molar-refractivity contribution in [2.75, 3.05) is 6.61 Å². The minimum Gasteiger partial charge on any atom is -0.396 e. The first-order chi connectivity index (χ1) is 7.22. The van der Waals surface area contributed by atoms with Crippen molar-refractivity contribution in [1.82, 2.24) is 0 Å².